The molecule has 0 aromatic rings. The van der Waals surface area contributed by atoms with E-state index in [4.69, 9.17) is 9.47 Å². The Labute approximate surface area is 121 Å². The smallest absolute Gasteiger partial charge is 0.312 e. The zero-order valence-corrected chi connectivity index (χ0v) is 12.5. The summed E-state index contributed by atoms with van der Waals surface area (Å²) < 4.78 is 10.5. The van der Waals surface area contributed by atoms with Gasteiger partial charge in [-0.2, -0.15) is 0 Å². The van der Waals surface area contributed by atoms with E-state index in [9.17, 15) is 9.59 Å². The number of esters is 1. The predicted molar refractivity (Wildman–Crippen MR) is 74.9 cm³/mol. The summed E-state index contributed by atoms with van der Waals surface area (Å²) in [5.41, 5.74) is 0. The van der Waals surface area contributed by atoms with E-state index in [2.05, 4.69) is 13.8 Å². The summed E-state index contributed by atoms with van der Waals surface area (Å²) in [6.45, 7) is 5.41. The number of carbonyl (C=O) groups excluding carboxylic acids is 2. The lowest BCUT2D eigenvalue weighted by Gasteiger charge is -2.33. The highest BCUT2D eigenvalue weighted by molar-refractivity contribution is 5.74. The summed E-state index contributed by atoms with van der Waals surface area (Å²) in [6, 6.07) is 0. The van der Waals surface area contributed by atoms with Gasteiger partial charge in [-0.3, -0.25) is 9.59 Å². The van der Waals surface area contributed by atoms with Gasteiger partial charge in [-0.25, -0.2) is 0 Å². The van der Waals surface area contributed by atoms with Crippen LogP contribution in [0.15, 0.2) is 0 Å². The van der Waals surface area contributed by atoms with Gasteiger partial charge in [-0.15, -0.1) is 0 Å². The second-order valence-electron chi connectivity index (χ2n) is 6.19. The fourth-order valence-corrected chi connectivity index (χ4v) is 4.04. The van der Waals surface area contributed by atoms with Crippen LogP contribution in [0.4, 0.5) is 0 Å². The summed E-state index contributed by atoms with van der Waals surface area (Å²) in [7, 11) is 0. The molecule has 1 aliphatic heterocycles. The molecule has 1 saturated carbocycles. The molecule has 0 bridgehead atoms. The molecule has 1 aliphatic carbocycles. The minimum absolute atomic E-state index is 0.182. The van der Waals surface area contributed by atoms with Crippen molar-refractivity contribution in [1.82, 2.24) is 0 Å². The third-order valence-corrected chi connectivity index (χ3v) is 5.19. The first kappa shape index (κ1) is 15.3. The first-order valence-electron chi connectivity index (χ1n) is 7.96. The molecule has 1 heterocycles. The van der Waals surface area contributed by atoms with E-state index in [0.29, 0.717) is 30.8 Å². The summed E-state index contributed by atoms with van der Waals surface area (Å²) in [6.07, 6.45) is 5.87. The largest absolute Gasteiger partial charge is 0.465 e. The average Bonchev–Trinajstić information content (AvgIpc) is 2.89. The first-order chi connectivity index (χ1) is 9.71. The van der Waals surface area contributed by atoms with Crippen LogP contribution in [0.3, 0.4) is 0 Å². The summed E-state index contributed by atoms with van der Waals surface area (Å²) in [5, 5.41) is 0. The fourth-order valence-electron chi connectivity index (χ4n) is 4.04. The van der Waals surface area contributed by atoms with Gasteiger partial charge in [0.1, 0.15) is 6.10 Å². The molecule has 114 valence electrons. The Hall–Kier alpha value is -1.06. The van der Waals surface area contributed by atoms with Crippen LogP contribution in [0.25, 0.3) is 0 Å². The Morgan fingerprint density at radius 2 is 2.15 bits per heavy atom. The number of hydrogen-bond donors (Lipinski definition) is 0. The standard InChI is InChI=1S/C16H26O4/c1-3-11-8-12(4-2)14(9-11)15(20-10-17)13-6-5-7-19-16(13)18/h10-15H,3-9H2,1-2H3. The molecular formula is C16H26O4. The van der Waals surface area contributed by atoms with Crippen LogP contribution in [0, 0.1) is 23.7 Å². The summed E-state index contributed by atoms with van der Waals surface area (Å²) in [4.78, 5) is 22.9. The predicted octanol–water partition coefficient (Wildman–Crippen LogP) is 2.94. The Morgan fingerprint density at radius 1 is 1.35 bits per heavy atom. The molecule has 0 spiro atoms. The molecule has 2 rings (SSSR count). The van der Waals surface area contributed by atoms with Gasteiger partial charge in [0.25, 0.3) is 6.47 Å². The lowest BCUT2D eigenvalue weighted by atomic mass is 9.80. The van der Waals surface area contributed by atoms with Gasteiger partial charge in [-0.05, 0) is 43.4 Å². The van der Waals surface area contributed by atoms with E-state index < -0.39 is 0 Å². The van der Waals surface area contributed by atoms with Crippen molar-refractivity contribution >= 4 is 12.4 Å². The van der Waals surface area contributed by atoms with Crippen LogP contribution in [0.1, 0.15) is 52.4 Å². The van der Waals surface area contributed by atoms with E-state index in [1.165, 1.54) is 6.42 Å². The van der Waals surface area contributed by atoms with Crippen molar-refractivity contribution in [2.75, 3.05) is 6.61 Å². The van der Waals surface area contributed by atoms with Crippen LogP contribution in [0.2, 0.25) is 0 Å². The highest BCUT2D eigenvalue weighted by Crippen LogP contribution is 2.45. The Morgan fingerprint density at radius 3 is 2.75 bits per heavy atom. The topological polar surface area (TPSA) is 52.6 Å². The molecule has 4 heteroatoms. The minimum Gasteiger partial charge on any atom is -0.465 e. The molecule has 0 amide bonds. The van der Waals surface area contributed by atoms with Gasteiger partial charge in [0, 0.05) is 0 Å². The van der Waals surface area contributed by atoms with Crippen molar-refractivity contribution in [1.29, 1.82) is 0 Å². The molecule has 0 aromatic carbocycles. The zero-order valence-electron chi connectivity index (χ0n) is 12.5. The van der Waals surface area contributed by atoms with Crippen LogP contribution in [-0.2, 0) is 19.1 Å². The van der Waals surface area contributed by atoms with Crippen LogP contribution >= 0.6 is 0 Å². The van der Waals surface area contributed by atoms with Crippen molar-refractivity contribution in [2.45, 2.75) is 58.5 Å². The number of rotatable bonds is 6. The quantitative estimate of drug-likeness (QED) is 0.555. The summed E-state index contributed by atoms with van der Waals surface area (Å²) in [5.74, 6) is 1.12. The number of cyclic esters (lactones) is 1. The van der Waals surface area contributed by atoms with Gasteiger partial charge < -0.3 is 9.47 Å². The lowest BCUT2D eigenvalue weighted by molar-refractivity contribution is -0.165. The maximum Gasteiger partial charge on any atom is 0.312 e. The molecule has 5 unspecified atom stereocenters. The average molecular weight is 282 g/mol. The lowest BCUT2D eigenvalue weighted by Crippen LogP contribution is -2.41. The third kappa shape index (κ3) is 3.15. The zero-order chi connectivity index (χ0) is 14.5. The van der Waals surface area contributed by atoms with Crippen molar-refractivity contribution in [3.63, 3.8) is 0 Å². The van der Waals surface area contributed by atoms with Gasteiger partial charge in [0.2, 0.25) is 0 Å². The Kier molecular flexibility index (Phi) is 5.44. The van der Waals surface area contributed by atoms with Crippen molar-refractivity contribution in [3.8, 4) is 0 Å². The summed E-state index contributed by atoms with van der Waals surface area (Å²) >= 11 is 0. The molecule has 2 aliphatic rings. The van der Waals surface area contributed by atoms with Gasteiger partial charge in [0.05, 0.1) is 12.5 Å². The highest BCUT2D eigenvalue weighted by Gasteiger charge is 2.45. The molecule has 0 aromatic heterocycles. The number of ether oxygens (including phenoxy) is 2. The Balaban J connectivity index is 2.14. The number of carbonyl (C=O) groups is 2. The molecule has 0 radical (unpaired) electrons. The molecule has 5 atom stereocenters. The fraction of sp³-hybridized carbons (Fsp3) is 0.875. The van der Waals surface area contributed by atoms with E-state index in [1.807, 2.05) is 0 Å². The second-order valence-corrected chi connectivity index (χ2v) is 6.19. The van der Waals surface area contributed by atoms with Crippen molar-refractivity contribution in [2.24, 2.45) is 23.7 Å². The molecule has 2 fully saturated rings. The second kappa shape index (κ2) is 7.09. The van der Waals surface area contributed by atoms with E-state index in [1.54, 1.807) is 0 Å². The van der Waals surface area contributed by atoms with Gasteiger partial charge in [-0.1, -0.05) is 26.7 Å². The van der Waals surface area contributed by atoms with E-state index >= 15 is 0 Å². The first-order valence-corrected chi connectivity index (χ1v) is 7.96. The van der Waals surface area contributed by atoms with Gasteiger partial charge in [0.15, 0.2) is 0 Å². The van der Waals surface area contributed by atoms with Crippen LogP contribution < -0.4 is 0 Å². The van der Waals surface area contributed by atoms with E-state index in [-0.39, 0.29) is 18.0 Å². The number of hydrogen-bond acceptors (Lipinski definition) is 4. The molecule has 0 N–H and O–H groups in total. The van der Waals surface area contributed by atoms with Crippen LogP contribution in [0.5, 0.6) is 0 Å². The third-order valence-electron chi connectivity index (χ3n) is 5.19. The van der Waals surface area contributed by atoms with Crippen LogP contribution in [-0.4, -0.2) is 25.2 Å². The minimum atomic E-state index is -0.290. The van der Waals surface area contributed by atoms with Crippen molar-refractivity contribution in [3.05, 3.63) is 0 Å². The maximum atomic E-state index is 12.0. The van der Waals surface area contributed by atoms with Gasteiger partial charge >= 0.3 is 5.97 Å². The van der Waals surface area contributed by atoms with E-state index in [0.717, 1.165) is 32.1 Å². The Bertz CT molecular complexity index is 341. The monoisotopic (exact) mass is 282 g/mol. The molecule has 1 saturated heterocycles. The molecule has 20 heavy (non-hydrogen) atoms. The SMILES string of the molecule is CCC1CC(CC)C(C(OC=O)C2CCCOC2=O)C1. The molecular weight excluding hydrogens is 256 g/mol. The maximum absolute atomic E-state index is 12.0. The normalized spacial score (nSPS) is 35.4. The highest BCUT2D eigenvalue weighted by atomic mass is 16.5. The van der Waals surface area contributed by atoms with Crippen molar-refractivity contribution < 1.29 is 19.1 Å². The molecule has 4 nitrogen and oxygen atoms in total.